The molecule has 2 fully saturated rings. The molecule has 0 aromatic rings. The molecule has 0 bridgehead atoms. The highest BCUT2D eigenvalue weighted by Gasteiger charge is 2.42. The number of hydrogen-bond donors (Lipinski definition) is 1. The summed E-state index contributed by atoms with van der Waals surface area (Å²) in [7, 11) is 2.17. The van der Waals surface area contributed by atoms with Crippen molar-refractivity contribution in [2.45, 2.75) is 90.3 Å². The van der Waals surface area contributed by atoms with E-state index in [4.69, 9.17) is 0 Å². The van der Waals surface area contributed by atoms with Gasteiger partial charge < -0.3 is 5.32 Å². The zero-order valence-electron chi connectivity index (χ0n) is 13.5. The second kappa shape index (κ2) is 6.58. The van der Waals surface area contributed by atoms with E-state index in [9.17, 15) is 0 Å². The van der Waals surface area contributed by atoms with Gasteiger partial charge in [0.25, 0.3) is 0 Å². The molecule has 112 valence electrons. The Morgan fingerprint density at radius 2 is 1.95 bits per heavy atom. The van der Waals surface area contributed by atoms with Gasteiger partial charge in [0.1, 0.15) is 0 Å². The van der Waals surface area contributed by atoms with Crippen molar-refractivity contribution in [1.29, 1.82) is 0 Å². The zero-order valence-corrected chi connectivity index (χ0v) is 13.5. The van der Waals surface area contributed by atoms with Crippen LogP contribution in [-0.4, -0.2) is 36.6 Å². The molecule has 1 N–H and O–H groups in total. The Kier molecular flexibility index (Phi) is 5.30. The molecule has 0 amide bonds. The first-order valence-electron chi connectivity index (χ1n) is 8.53. The van der Waals surface area contributed by atoms with Gasteiger partial charge in [0.15, 0.2) is 0 Å². The third-order valence-corrected chi connectivity index (χ3v) is 5.58. The van der Waals surface area contributed by atoms with Crippen molar-refractivity contribution < 1.29 is 0 Å². The molecule has 3 unspecified atom stereocenters. The van der Waals surface area contributed by atoms with Crippen molar-refractivity contribution in [3.05, 3.63) is 0 Å². The van der Waals surface area contributed by atoms with Gasteiger partial charge in [-0.3, -0.25) is 4.90 Å². The van der Waals surface area contributed by atoms with Gasteiger partial charge in [-0.2, -0.15) is 0 Å². The lowest BCUT2D eigenvalue weighted by molar-refractivity contribution is 0.00694. The van der Waals surface area contributed by atoms with Crippen molar-refractivity contribution in [2.24, 2.45) is 5.41 Å². The van der Waals surface area contributed by atoms with Crippen molar-refractivity contribution >= 4 is 0 Å². The molecule has 3 atom stereocenters. The number of likely N-dealkylation sites (N-methyl/N-ethyl adjacent to an activating group) is 1. The van der Waals surface area contributed by atoms with Gasteiger partial charge in [0, 0.05) is 18.1 Å². The number of likely N-dealkylation sites (tertiary alicyclic amines) is 1. The lowest BCUT2D eigenvalue weighted by Gasteiger charge is -2.51. The number of nitrogens with zero attached hydrogens (tertiary/aromatic N) is 1. The summed E-state index contributed by atoms with van der Waals surface area (Å²) < 4.78 is 0. The van der Waals surface area contributed by atoms with Crippen LogP contribution in [0.5, 0.6) is 0 Å². The van der Waals surface area contributed by atoms with Crippen LogP contribution in [-0.2, 0) is 0 Å². The molecule has 0 radical (unpaired) electrons. The van der Waals surface area contributed by atoms with E-state index in [0.717, 1.165) is 12.1 Å². The predicted molar refractivity (Wildman–Crippen MR) is 83.5 cm³/mol. The van der Waals surface area contributed by atoms with E-state index in [1.165, 1.54) is 57.9 Å². The van der Waals surface area contributed by atoms with Crippen LogP contribution in [0.1, 0.15) is 72.1 Å². The van der Waals surface area contributed by atoms with Gasteiger partial charge in [0.2, 0.25) is 0 Å². The quantitative estimate of drug-likeness (QED) is 0.832. The summed E-state index contributed by atoms with van der Waals surface area (Å²) in [5, 5.41) is 3.66. The average Bonchev–Trinajstić information content (AvgIpc) is 2.38. The van der Waals surface area contributed by atoms with Crippen molar-refractivity contribution in [2.75, 3.05) is 13.6 Å². The van der Waals surface area contributed by atoms with E-state index in [-0.39, 0.29) is 0 Å². The van der Waals surface area contributed by atoms with E-state index < -0.39 is 0 Å². The third kappa shape index (κ3) is 3.33. The molecule has 1 saturated carbocycles. The van der Waals surface area contributed by atoms with Crippen molar-refractivity contribution in [3.63, 3.8) is 0 Å². The maximum atomic E-state index is 3.66. The summed E-state index contributed by atoms with van der Waals surface area (Å²) >= 11 is 0. The normalized spacial score (nSPS) is 36.3. The van der Waals surface area contributed by atoms with Crippen LogP contribution in [0.4, 0.5) is 0 Å². The first kappa shape index (κ1) is 15.3. The number of piperidine rings is 1. The van der Waals surface area contributed by atoms with Gasteiger partial charge in [-0.1, -0.05) is 40.0 Å². The molecule has 1 aliphatic heterocycles. The molecule has 2 heteroatoms. The highest BCUT2D eigenvalue weighted by Crippen LogP contribution is 2.39. The second-order valence-corrected chi connectivity index (χ2v) is 7.39. The molecule has 19 heavy (non-hydrogen) atoms. The molecule has 2 aliphatic rings. The molecule has 1 aliphatic carbocycles. The molecule has 2 nitrogen and oxygen atoms in total. The van der Waals surface area contributed by atoms with E-state index in [1.54, 1.807) is 0 Å². The Balaban J connectivity index is 2.12. The fourth-order valence-corrected chi connectivity index (χ4v) is 4.65. The first-order valence-corrected chi connectivity index (χ1v) is 8.53. The average molecular weight is 266 g/mol. The first-order chi connectivity index (χ1) is 9.10. The Morgan fingerprint density at radius 3 is 2.63 bits per heavy atom. The molecule has 0 spiro atoms. The minimum Gasteiger partial charge on any atom is -0.315 e. The summed E-state index contributed by atoms with van der Waals surface area (Å²) in [6, 6.07) is 2.29. The second-order valence-electron chi connectivity index (χ2n) is 7.39. The van der Waals surface area contributed by atoms with Gasteiger partial charge in [-0.15, -0.1) is 0 Å². The van der Waals surface area contributed by atoms with Crippen LogP contribution < -0.4 is 5.32 Å². The summed E-state index contributed by atoms with van der Waals surface area (Å²) in [6.07, 6.45) is 11.2. The number of hydrogen-bond acceptors (Lipinski definition) is 2. The predicted octanol–water partition coefficient (Wildman–Crippen LogP) is 3.81. The van der Waals surface area contributed by atoms with Gasteiger partial charge in [-0.25, -0.2) is 0 Å². The smallest absolute Gasteiger partial charge is 0.0271 e. The summed E-state index contributed by atoms with van der Waals surface area (Å²) in [6.45, 7) is 8.59. The molecular weight excluding hydrogens is 232 g/mol. The Bertz CT molecular complexity index is 272. The van der Waals surface area contributed by atoms with E-state index >= 15 is 0 Å². The van der Waals surface area contributed by atoms with Crippen LogP contribution in [0.25, 0.3) is 0 Å². The minimum absolute atomic E-state index is 0.450. The topological polar surface area (TPSA) is 15.3 Å². The highest BCUT2D eigenvalue weighted by molar-refractivity contribution is 4.99. The lowest BCUT2D eigenvalue weighted by atomic mass is 9.69. The standard InChI is InChI=1S/C17H34N2/c1-5-9-14-10-6-7-13-19(14)15-11-8-12-17(2,3)16(15)18-4/h14-16,18H,5-13H2,1-4H3. The molecular formula is C17H34N2. The highest BCUT2D eigenvalue weighted by atomic mass is 15.2. The molecule has 2 rings (SSSR count). The number of rotatable bonds is 4. The van der Waals surface area contributed by atoms with E-state index in [2.05, 4.69) is 38.0 Å². The minimum atomic E-state index is 0.450. The molecule has 0 aromatic carbocycles. The maximum absolute atomic E-state index is 3.66. The van der Waals surface area contributed by atoms with Crippen molar-refractivity contribution in [3.8, 4) is 0 Å². The van der Waals surface area contributed by atoms with Crippen LogP contribution in [0.3, 0.4) is 0 Å². The van der Waals surface area contributed by atoms with Gasteiger partial charge in [-0.05, 0) is 51.1 Å². The molecule has 0 aromatic heterocycles. The van der Waals surface area contributed by atoms with Crippen LogP contribution >= 0.6 is 0 Å². The van der Waals surface area contributed by atoms with Gasteiger partial charge in [0.05, 0.1) is 0 Å². The monoisotopic (exact) mass is 266 g/mol. The van der Waals surface area contributed by atoms with Crippen LogP contribution in [0.2, 0.25) is 0 Å². The SMILES string of the molecule is CCCC1CCCCN1C1CCCC(C)(C)C1NC. The lowest BCUT2D eigenvalue weighted by Crippen LogP contribution is -2.61. The summed E-state index contributed by atoms with van der Waals surface area (Å²) in [5.74, 6) is 0. The fraction of sp³-hybridized carbons (Fsp3) is 1.00. The maximum Gasteiger partial charge on any atom is 0.0271 e. The Morgan fingerprint density at radius 1 is 1.16 bits per heavy atom. The Labute approximate surface area is 120 Å². The summed E-state index contributed by atoms with van der Waals surface area (Å²) in [5.41, 5.74) is 0.450. The molecule has 1 saturated heterocycles. The van der Waals surface area contributed by atoms with Crippen LogP contribution in [0, 0.1) is 5.41 Å². The van der Waals surface area contributed by atoms with Crippen molar-refractivity contribution in [1.82, 2.24) is 10.2 Å². The molecule has 1 heterocycles. The van der Waals surface area contributed by atoms with Crippen LogP contribution in [0.15, 0.2) is 0 Å². The Hall–Kier alpha value is -0.0800. The van der Waals surface area contributed by atoms with Gasteiger partial charge >= 0.3 is 0 Å². The van der Waals surface area contributed by atoms with E-state index in [0.29, 0.717) is 11.5 Å². The number of nitrogens with one attached hydrogen (secondary N) is 1. The fourth-order valence-electron chi connectivity index (χ4n) is 4.65. The largest absolute Gasteiger partial charge is 0.315 e. The van der Waals surface area contributed by atoms with E-state index in [1.807, 2.05) is 0 Å². The summed E-state index contributed by atoms with van der Waals surface area (Å²) in [4.78, 5) is 2.88. The third-order valence-electron chi connectivity index (χ3n) is 5.58. The zero-order chi connectivity index (χ0) is 13.9.